The van der Waals surface area contributed by atoms with Crippen LogP contribution in [-0.4, -0.2) is 54.3 Å². The highest BCUT2D eigenvalue weighted by atomic mass is 19.1. The number of amides is 1. The molecule has 1 saturated heterocycles. The molecule has 12 heteroatoms. The molecule has 236 valence electrons. The van der Waals surface area contributed by atoms with Crippen molar-refractivity contribution in [2.75, 3.05) is 12.3 Å². The molecule has 0 aliphatic carbocycles. The molecule has 4 aromatic rings. The Morgan fingerprint density at radius 2 is 1.82 bits per heavy atom. The maximum Gasteiger partial charge on any atom is 0.402 e. The first kappa shape index (κ1) is 33.0. The lowest BCUT2D eigenvalue weighted by Gasteiger charge is -2.53. The molecule has 1 aliphatic rings. The number of anilines is 1. The largest absolute Gasteiger partial charge is 0.465 e. The second kappa shape index (κ2) is 12.6. The molecule has 1 aromatic carbocycles. The number of hydrogen-bond acceptors (Lipinski definition) is 9. The van der Waals surface area contributed by atoms with Gasteiger partial charge in [0.2, 0.25) is 0 Å². The van der Waals surface area contributed by atoms with E-state index in [1.54, 1.807) is 36.7 Å². The molecule has 45 heavy (non-hydrogen) atoms. The number of piperidine rings is 1. The van der Waals surface area contributed by atoms with E-state index >= 15 is 0 Å². The minimum absolute atomic E-state index is 0.0162. The van der Waals surface area contributed by atoms with Gasteiger partial charge in [-0.05, 0) is 63.3 Å². The van der Waals surface area contributed by atoms with Crippen LogP contribution in [0.4, 0.5) is 15.0 Å². The first-order valence-electron chi connectivity index (χ1n) is 14.5. The number of likely N-dealkylation sites (tertiary alicyclic amines) is 1. The highest BCUT2D eigenvalue weighted by Gasteiger charge is 2.48. The minimum Gasteiger partial charge on any atom is -0.465 e. The molecule has 2 unspecified atom stereocenters. The zero-order valence-electron chi connectivity index (χ0n) is 26.4. The predicted octanol–water partition coefficient (Wildman–Crippen LogP) is 6.28. The first-order chi connectivity index (χ1) is 21.1. The zero-order chi connectivity index (χ0) is 33.2. The highest BCUT2D eigenvalue weighted by molar-refractivity contribution is 5.73. The van der Waals surface area contributed by atoms with Crippen LogP contribution in [-0.2, 0) is 5.41 Å². The van der Waals surface area contributed by atoms with Crippen LogP contribution in [0.1, 0.15) is 60.1 Å². The van der Waals surface area contributed by atoms with Crippen LogP contribution in [0.2, 0.25) is 0 Å². The Labute approximate surface area is 262 Å². The Kier molecular flexibility index (Phi) is 9.25. The minimum atomic E-state index is -1.33. The van der Waals surface area contributed by atoms with Gasteiger partial charge in [0.15, 0.2) is 17.3 Å². The topological polar surface area (TPSA) is 181 Å². The Balaban J connectivity index is 0.00000109. The lowest BCUT2D eigenvalue weighted by molar-refractivity contribution is -0.0222. The number of pyridine rings is 1. The smallest absolute Gasteiger partial charge is 0.402 e. The molecule has 1 fully saturated rings. The summed E-state index contributed by atoms with van der Waals surface area (Å²) in [7, 11) is 0. The molecule has 2 atom stereocenters. The molecule has 5 rings (SSSR count). The third-order valence-corrected chi connectivity index (χ3v) is 8.01. The van der Waals surface area contributed by atoms with Gasteiger partial charge in [-0.3, -0.25) is 9.88 Å². The van der Waals surface area contributed by atoms with Crippen molar-refractivity contribution in [2.45, 2.75) is 71.4 Å². The summed E-state index contributed by atoms with van der Waals surface area (Å²) in [6.07, 6.45) is 3.33. The summed E-state index contributed by atoms with van der Waals surface area (Å²) in [5.41, 5.74) is 12.4. The second-order valence-electron chi connectivity index (χ2n) is 13.2. The number of carbonyl (C=O) groups is 1. The number of benzene rings is 1. The number of nitrogens with two attached hydrogens (primary N) is 2. The average Bonchev–Trinajstić information content (AvgIpc) is 3.46. The van der Waals surface area contributed by atoms with Crippen LogP contribution in [0.25, 0.3) is 34.0 Å². The number of rotatable bonds is 4. The predicted molar refractivity (Wildman–Crippen MR) is 169 cm³/mol. The summed E-state index contributed by atoms with van der Waals surface area (Å²) in [6, 6.07) is 14.6. The lowest BCUT2D eigenvalue weighted by atomic mass is 9.66. The normalized spacial score (nSPS) is 18.8. The molecular weight excluding hydrogens is 575 g/mol. The maximum absolute atomic E-state index is 14.3. The molecular formula is C33H39FN8O3. The summed E-state index contributed by atoms with van der Waals surface area (Å²) in [5.74, 6) is 0.0358. The van der Waals surface area contributed by atoms with Crippen LogP contribution in [0.5, 0.6) is 0 Å². The van der Waals surface area contributed by atoms with Crippen molar-refractivity contribution in [3.05, 3.63) is 66.4 Å². The van der Waals surface area contributed by atoms with Gasteiger partial charge in [0.05, 0.1) is 23.7 Å². The van der Waals surface area contributed by atoms with Crippen molar-refractivity contribution in [3.63, 3.8) is 0 Å². The van der Waals surface area contributed by atoms with Gasteiger partial charge in [-0.1, -0.05) is 38.1 Å². The average molecular weight is 615 g/mol. The van der Waals surface area contributed by atoms with E-state index in [9.17, 15) is 9.65 Å². The van der Waals surface area contributed by atoms with Gasteiger partial charge in [-0.25, -0.2) is 19.2 Å². The molecule has 1 amide bonds. The monoisotopic (exact) mass is 614 g/mol. The molecule has 11 nitrogen and oxygen atoms in total. The van der Waals surface area contributed by atoms with E-state index in [1.807, 2.05) is 12.1 Å². The van der Waals surface area contributed by atoms with Gasteiger partial charge < -0.3 is 21.1 Å². The van der Waals surface area contributed by atoms with Gasteiger partial charge in [-0.2, -0.15) is 5.26 Å². The van der Waals surface area contributed by atoms with Crippen molar-refractivity contribution in [1.29, 1.82) is 5.26 Å². The van der Waals surface area contributed by atoms with Crippen molar-refractivity contribution in [3.8, 4) is 40.0 Å². The highest BCUT2D eigenvalue weighted by Crippen LogP contribution is 2.45. The number of halogens is 1. The molecule has 4 heterocycles. The van der Waals surface area contributed by atoms with Crippen molar-refractivity contribution < 1.29 is 18.8 Å². The summed E-state index contributed by atoms with van der Waals surface area (Å²) in [5, 5.41) is 21.8. The zero-order valence-corrected chi connectivity index (χ0v) is 26.4. The van der Waals surface area contributed by atoms with Crippen LogP contribution >= 0.6 is 0 Å². The molecule has 0 saturated carbocycles. The van der Waals surface area contributed by atoms with Crippen molar-refractivity contribution >= 4 is 11.9 Å². The molecule has 1 aliphatic heterocycles. The molecule has 3 aromatic heterocycles. The number of hydrogen-bond donors (Lipinski definition) is 3. The standard InChI is InChI=1S/C32H36FN7O.CH3NO2/c1-30(2,3)27-17-32(19-34,12-14-40(27)31(4,5)6)26-15-20(11-13-36-26)24-18-37-29(35)28(38-24)25-16-23(39-41-25)21-9-7-8-10-22(21)33;2-1(3)4/h7-11,13,15-16,18,27H,12,14,17H2,1-6H3,(H2,35,37);2H2,(H,3,4). The van der Waals surface area contributed by atoms with E-state index in [4.69, 9.17) is 30.1 Å². The maximum atomic E-state index is 14.3. The third-order valence-electron chi connectivity index (χ3n) is 8.01. The first-order valence-corrected chi connectivity index (χ1v) is 14.5. The van der Waals surface area contributed by atoms with Crippen LogP contribution in [0, 0.1) is 22.6 Å². The van der Waals surface area contributed by atoms with Crippen LogP contribution < -0.4 is 11.5 Å². The van der Waals surface area contributed by atoms with Crippen LogP contribution in [0.15, 0.2) is 59.4 Å². The Bertz CT molecular complexity index is 1720. The van der Waals surface area contributed by atoms with Gasteiger partial charge in [0.25, 0.3) is 0 Å². The Hall–Kier alpha value is -4.89. The summed E-state index contributed by atoms with van der Waals surface area (Å²) >= 11 is 0. The van der Waals surface area contributed by atoms with E-state index in [2.05, 4.69) is 68.4 Å². The van der Waals surface area contributed by atoms with Gasteiger partial charge in [0, 0.05) is 41.5 Å². The fraction of sp³-hybridized carbons (Fsp3) is 0.394. The van der Waals surface area contributed by atoms with Crippen LogP contribution in [0.3, 0.4) is 0 Å². The van der Waals surface area contributed by atoms with E-state index in [-0.39, 0.29) is 28.6 Å². The fourth-order valence-corrected chi connectivity index (χ4v) is 5.73. The SMILES string of the molecule is CC(C)(C)C1CC(C#N)(c2cc(-c3cnc(N)c(-c4cc(-c5ccccc5F)no4)n3)ccn2)CCN1C(C)(C)C.NC(=O)O. The molecule has 0 radical (unpaired) electrons. The van der Waals surface area contributed by atoms with Gasteiger partial charge in [0.1, 0.15) is 16.9 Å². The van der Waals surface area contributed by atoms with Gasteiger partial charge >= 0.3 is 6.09 Å². The fourth-order valence-electron chi connectivity index (χ4n) is 5.73. The quantitative estimate of drug-likeness (QED) is 0.237. The van der Waals surface area contributed by atoms with E-state index in [0.717, 1.165) is 17.8 Å². The lowest BCUT2D eigenvalue weighted by Crippen LogP contribution is -2.59. The summed E-state index contributed by atoms with van der Waals surface area (Å²) < 4.78 is 19.8. The Morgan fingerprint density at radius 3 is 2.44 bits per heavy atom. The van der Waals surface area contributed by atoms with Crippen molar-refractivity contribution in [1.82, 2.24) is 25.0 Å². The van der Waals surface area contributed by atoms with Gasteiger partial charge in [-0.15, -0.1) is 0 Å². The third kappa shape index (κ3) is 7.26. The number of primary amides is 1. The summed E-state index contributed by atoms with van der Waals surface area (Å²) in [6.45, 7) is 14.2. The number of nitrogen functional groups attached to an aromatic ring is 1. The number of nitrogens with zero attached hydrogens (tertiary/aromatic N) is 6. The molecule has 0 spiro atoms. The van der Waals surface area contributed by atoms with E-state index in [0.29, 0.717) is 35.5 Å². The molecule has 5 N–H and O–H groups in total. The number of aromatic nitrogens is 4. The van der Waals surface area contributed by atoms with E-state index < -0.39 is 17.3 Å². The summed E-state index contributed by atoms with van der Waals surface area (Å²) in [4.78, 5) is 25.1. The molecule has 0 bridgehead atoms. The number of carboxylic acid groups (broad SMARTS) is 1. The number of nitriles is 1. The van der Waals surface area contributed by atoms with Crippen molar-refractivity contribution in [2.24, 2.45) is 11.1 Å². The Morgan fingerprint density at radius 1 is 1.13 bits per heavy atom. The van der Waals surface area contributed by atoms with E-state index in [1.165, 1.54) is 6.07 Å². The second-order valence-corrected chi connectivity index (χ2v) is 13.2.